The maximum atomic E-state index is 13.0. The van der Waals surface area contributed by atoms with E-state index in [0.717, 1.165) is 42.8 Å². The largest absolute Gasteiger partial charge is 0.495 e. The van der Waals surface area contributed by atoms with Gasteiger partial charge in [0.2, 0.25) is 0 Å². The number of halogens is 1. The first kappa shape index (κ1) is 19.1. The summed E-state index contributed by atoms with van der Waals surface area (Å²) in [5.41, 5.74) is 3.99. The molecular weight excluding hydrogens is 406 g/mol. The molecule has 1 aromatic carbocycles. The number of aryl methyl sites for hydroxylation is 1. The number of hydrogen-bond donors (Lipinski definition) is 1. The summed E-state index contributed by atoms with van der Waals surface area (Å²) in [5, 5.41) is 8.07. The lowest BCUT2D eigenvalue weighted by molar-refractivity contribution is 0.0684. The molecule has 0 fully saturated rings. The van der Waals surface area contributed by atoms with E-state index in [1.165, 1.54) is 0 Å². The van der Waals surface area contributed by atoms with E-state index in [2.05, 4.69) is 20.0 Å². The molecule has 5 rings (SSSR count). The van der Waals surface area contributed by atoms with Crippen molar-refractivity contribution in [3.8, 4) is 11.4 Å². The Bertz CT molecular complexity index is 1110. The summed E-state index contributed by atoms with van der Waals surface area (Å²) < 4.78 is 14.9. The second-order valence-electron chi connectivity index (χ2n) is 7.48. The molecule has 2 aliphatic heterocycles. The third-order valence-electron chi connectivity index (χ3n) is 5.72. The van der Waals surface area contributed by atoms with Gasteiger partial charge in [0.1, 0.15) is 16.5 Å². The molecule has 4 heterocycles. The summed E-state index contributed by atoms with van der Waals surface area (Å²) in [7, 11) is 1.58. The first-order valence-corrected chi connectivity index (χ1v) is 10.4. The highest BCUT2D eigenvalue weighted by atomic mass is 35.5. The Hall–Kier alpha value is -2.84. The SMILES string of the molecule is COc1cccc(-n2ncc3c2COCC3NC(=O)c2ncn3c2CCCC3)c1Cl. The van der Waals surface area contributed by atoms with Gasteiger partial charge in [-0.05, 0) is 31.4 Å². The number of nitrogens with zero attached hydrogens (tertiary/aromatic N) is 4. The van der Waals surface area contributed by atoms with Gasteiger partial charge in [0.15, 0.2) is 0 Å². The van der Waals surface area contributed by atoms with Crippen LogP contribution < -0.4 is 10.1 Å². The third-order valence-corrected chi connectivity index (χ3v) is 6.10. The second kappa shape index (κ2) is 7.77. The maximum absolute atomic E-state index is 13.0. The number of imidazole rings is 1. The first-order chi connectivity index (χ1) is 14.7. The highest BCUT2D eigenvalue weighted by Gasteiger charge is 2.29. The van der Waals surface area contributed by atoms with Crippen LogP contribution in [0, 0.1) is 0 Å². The molecule has 8 nitrogen and oxygen atoms in total. The van der Waals surface area contributed by atoms with Crippen LogP contribution in [0.3, 0.4) is 0 Å². The summed E-state index contributed by atoms with van der Waals surface area (Å²) in [6, 6.07) is 5.23. The number of fused-ring (bicyclic) bond motifs is 2. The van der Waals surface area contributed by atoms with Crippen molar-refractivity contribution >= 4 is 17.5 Å². The number of ether oxygens (including phenoxy) is 2. The van der Waals surface area contributed by atoms with Crippen LogP contribution in [0.15, 0.2) is 30.7 Å². The molecule has 1 unspecified atom stereocenters. The number of benzene rings is 1. The molecule has 2 aromatic heterocycles. The highest BCUT2D eigenvalue weighted by Crippen LogP contribution is 2.34. The summed E-state index contributed by atoms with van der Waals surface area (Å²) in [4.78, 5) is 17.3. The fourth-order valence-corrected chi connectivity index (χ4v) is 4.47. The number of nitrogens with one attached hydrogen (secondary N) is 1. The third kappa shape index (κ3) is 3.16. The van der Waals surface area contributed by atoms with E-state index in [9.17, 15) is 4.79 Å². The van der Waals surface area contributed by atoms with Crippen LogP contribution in [-0.2, 0) is 24.3 Å². The molecule has 0 saturated heterocycles. The van der Waals surface area contributed by atoms with E-state index in [4.69, 9.17) is 21.1 Å². The topological polar surface area (TPSA) is 83.2 Å². The molecule has 0 bridgehead atoms. The minimum atomic E-state index is -0.305. The normalized spacial score (nSPS) is 17.9. The van der Waals surface area contributed by atoms with Crippen LogP contribution in [0.5, 0.6) is 5.75 Å². The minimum Gasteiger partial charge on any atom is -0.495 e. The molecule has 2 aliphatic rings. The quantitative estimate of drug-likeness (QED) is 0.691. The second-order valence-corrected chi connectivity index (χ2v) is 7.86. The van der Waals surface area contributed by atoms with Crippen LogP contribution in [0.4, 0.5) is 0 Å². The van der Waals surface area contributed by atoms with E-state index in [-0.39, 0.29) is 11.9 Å². The molecule has 0 aliphatic carbocycles. The first-order valence-electron chi connectivity index (χ1n) is 9.99. The number of carbonyl (C=O) groups is 1. The van der Waals surface area contributed by atoms with Crippen molar-refractivity contribution in [2.75, 3.05) is 13.7 Å². The van der Waals surface area contributed by atoms with Crippen molar-refractivity contribution in [2.45, 2.75) is 38.5 Å². The monoisotopic (exact) mass is 427 g/mol. The van der Waals surface area contributed by atoms with Crippen molar-refractivity contribution in [3.05, 3.63) is 58.4 Å². The van der Waals surface area contributed by atoms with Crippen molar-refractivity contribution in [2.24, 2.45) is 0 Å². The average molecular weight is 428 g/mol. The number of rotatable bonds is 4. The Balaban J connectivity index is 1.43. The van der Waals surface area contributed by atoms with E-state index in [0.29, 0.717) is 35.4 Å². The van der Waals surface area contributed by atoms with Gasteiger partial charge in [0, 0.05) is 12.1 Å². The van der Waals surface area contributed by atoms with Crippen LogP contribution >= 0.6 is 11.6 Å². The smallest absolute Gasteiger partial charge is 0.272 e. The predicted molar refractivity (Wildman–Crippen MR) is 110 cm³/mol. The van der Waals surface area contributed by atoms with Crippen LogP contribution in [0.2, 0.25) is 5.02 Å². The van der Waals surface area contributed by atoms with Gasteiger partial charge in [0.25, 0.3) is 5.91 Å². The summed E-state index contributed by atoms with van der Waals surface area (Å²) in [5.74, 6) is 0.392. The van der Waals surface area contributed by atoms with Crippen molar-refractivity contribution in [1.29, 1.82) is 0 Å². The van der Waals surface area contributed by atoms with E-state index in [1.54, 1.807) is 30.4 Å². The van der Waals surface area contributed by atoms with Crippen LogP contribution in [-0.4, -0.2) is 39.0 Å². The zero-order valence-corrected chi connectivity index (χ0v) is 17.4. The zero-order chi connectivity index (χ0) is 20.7. The van der Waals surface area contributed by atoms with E-state index >= 15 is 0 Å². The number of aromatic nitrogens is 4. The number of amides is 1. The fraction of sp³-hybridized carbons (Fsp3) is 0.381. The van der Waals surface area contributed by atoms with Gasteiger partial charge in [-0.2, -0.15) is 5.10 Å². The van der Waals surface area contributed by atoms with Gasteiger partial charge in [-0.3, -0.25) is 4.79 Å². The summed E-state index contributed by atoms with van der Waals surface area (Å²) in [6.07, 6.45) is 6.60. The molecule has 1 amide bonds. The van der Waals surface area contributed by atoms with Gasteiger partial charge in [-0.25, -0.2) is 9.67 Å². The molecule has 0 spiro atoms. The lowest BCUT2D eigenvalue weighted by Gasteiger charge is -2.25. The average Bonchev–Trinajstić information content (AvgIpc) is 3.39. The standard InChI is InChI=1S/C21H22ClN5O3/c1-29-18-7-4-6-15(19(18)22)27-17-11-30-10-14(13(17)9-24-27)25-21(28)20-16-5-2-3-8-26(16)12-23-20/h4,6-7,9,12,14H,2-3,5,8,10-11H2,1H3,(H,25,28). The summed E-state index contributed by atoms with van der Waals surface area (Å²) in [6.45, 7) is 1.68. The number of carbonyl (C=O) groups excluding carboxylic acids is 1. The Morgan fingerprint density at radius 1 is 1.33 bits per heavy atom. The predicted octanol–water partition coefficient (Wildman–Crippen LogP) is 3.07. The van der Waals surface area contributed by atoms with Gasteiger partial charge in [-0.1, -0.05) is 17.7 Å². The molecule has 3 aromatic rings. The molecule has 30 heavy (non-hydrogen) atoms. The Morgan fingerprint density at radius 3 is 3.10 bits per heavy atom. The zero-order valence-electron chi connectivity index (χ0n) is 16.6. The van der Waals surface area contributed by atoms with Crippen molar-refractivity contribution < 1.29 is 14.3 Å². The van der Waals surface area contributed by atoms with Crippen molar-refractivity contribution in [3.63, 3.8) is 0 Å². The Kier molecular flexibility index (Phi) is 4.96. The van der Waals surface area contributed by atoms with Crippen LogP contribution in [0.1, 0.15) is 46.3 Å². The molecule has 1 N–H and O–H groups in total. The number of hydrogen-bond acceptors (Lipinski definition) is 5. The molecule has 156 valence electrons. The van der Waals surface area contributed by atoms with Gasteiger partial charge < -0.3 is 19.4 Å². The molecule has 9 heteroatoms. The maximum Gasteiger partial charge on any atom is 0.272 e. The Labute approximate surface area is 178 Å². The fourth-order valence-electron chi connectivity index (χ4n) is 4.19. The molecule has 0 saturated carbocycles. The minimum absolute atomic E-state index is 0.181. The van der Waals surface area contributed by atoms with Gasteiger partial charge >= 0.3 is 0 Å². The van der Waals surface area contributed by atoms with E-state index < -0.39 is 0 Å². The van der Waals surface area contributed by atoms with Crippen molar-refractivity contribution in [1.82, 2.24) is 24.6 Å². The van der Waals surface area contributed by atoms with Crippen LogP contribution in [0.25, 0.3) is 5.69 Å². The van der Waals surface area contributed by atoms with Gasteiger partial charge in [-0.15, -0.1) is 0 Å². The lowest BCUT2D eigenvalue weighted by Crippen LogP contribution is -2.35. The van der Waals surface area contributed by atoms with E-state index in [1.807, 2.05) is 12.1 Å². The summed E-state index contributed by atoms with van der Waals surface area (Å²) >= 11 is 6.49. The molecular formula is C21H22ClN5O3. The number of methoxy groups -OCH3 is 1. The van der Waals surface area contributed by atoms with Gasteiger partial charge in [0.05, 0.1) is 56.0 Å². The molecule has 0 radical (unpaired) electrons. The molecule has 1 atom stereocenters. The highest BCUT2D eigenvalue weighted by molar-refractivity contribution is 6.33. The lowest BCUT2D eigenvalue weighted by atomic mass is 10.0. The Morgan fingerprint density at radius 2 is 2.23 bits per heavy atom.